The van der Waals surface area contributed by atoms with Crippen LogP contribution in [0.5, 0.6) is 0 Å². The van der Waals surface area contributed by atoms with E-state index in [1.54, 1.807) is 0 Å². The molecule has 3 heteroatoms. The second-order valence-electron chi connectivity index (χ2n) is 2.13. The quantitative estimate of drug-likeness (QED) is 0.587. The van der Waals surface area contributed by atoms with Crippen molar-refractivity contribution in [2.75, 3.05) is 13.1 Å². The molecule has 2 nitrogen and oxygen atoms in total. The van der Waals surface area contributed by atoms with E-state index in [0.29, 0.717) is 13.1 Å². The van der Waals surface area contributed by atoms with Crippen molar-refractivity contribution in [3.05, 3.63) is 0 Å². The molecule has 0 aromatic heterocycles. The predicted molar refractivity (Wildman–Crippen MR) is 38.5 cm³/mol. The maximum absolute atomic E-state index is 12.3. The van der Waals surface area contributed by atoms with Gasteiger partial charge in [-0.05, 0) is 20.8 Å². The molecule has 0 aliphatic rings. The third-order valence-electron chi connectivity index (χ3n) is 1.42. The standard InChI is InChI=1S/C7H14FNO/c1-4-9(5-2)7(10)6(3)8/h6H,4-5H2,1-3H3. The molecule has 0 fully saturated rings. The molecule has 0 N–H and O–H groups in total. The Hall–Kier alpha value is -0.600. The van der Waals surface area contributed by atoms with Gasteiger partial charge < -0.3 is 4.90 Å². The summed E-state index contributed by atoms with van der Waals surface area (Å²) in [7, 11) is 0. The molecule has 0 rings (SSSR count). The van der Waals surface area contributed by atoms with Gasteiger partial charge in [0.05, 0.1) is 0 Å². The highest BCUT2D eigenvalue weighted by Crippen LogP contribution is 1.96. The topological polar surface area (TPSA) is 20.3 Å². The summed E-state index contributed by atoms with van der Waals surface area (Å²) >= 11 is 0. The van der Waals surface area contributed by atoms with E-state index in [0.717, 1.165) is 0 Å². The van der Waals surface area contributed by atoms with Gasteiger partial charge in [-0.3, -0.25) is 4.79 Å². The Morgan fingerprint density at radius 3 is 2.00 bits per heavy atom. The lowest BCUT2D eigenvalue weighted by Gasteiger charge is -2.18. The molecule has 1 unspecified atom stereocenters. The maximum atomic E-state index is 12.3. The highest BCUT2D eigenvalue weighted by Gasteiger charge is 2.15. The fraction of sp³-hybridized carbons (Fsp3) is 0.857. The monoisotopic (exact) mass is 147 g/mol. The van der Waals surface area contributed by atoms with Gasteiger partial charge in [0.25, 0.3) is 5.91 Å². The number of carbonyl (C=O) groups is 1. The first-order valence-corrected chi connectivity index (χ1v) is 3.56. The lowest BCUT2D eigenvalue weighted by molar-refractivity contribution is -0.135. The van der Waals surface area contributed by atoms with E-state index in [-0.39, 0.29) is 0 Å². The molecule has 1 atom stereocenters. The molecule has 0 spiro atoms. The molecule has 0 bridgehead atoms. The van der Waals surface area contributed by atoms with E-state index in [4.69, 9.17) is 0 Å². The van der Waals surface area contributed by atoms with Gasteiger partial charge in [0.1, 0.15) is 0 Å². The number of alkyl halides is 1. The molecular weight excluding hydrogens is 133 g/mol. The van der Waals surface area contributed by atoms with Crippen LogP contribution in [-0.2, 0) is 4.79 Å². The Labute approximate surface area is 61.0 Å². The SMILES string of the molecule is CCN(CC)C(=O)C(C)F. The van der Waals surface area contributed by atoms with Crippen molar-refractivity contribution in [2.45, 2.75) is 26.9 Å². The van der Waals surface area contributed by atoms with Crippen molar-refractivity contribution in [3.63, 3.8) is 0 Å². The van der Waals surface area contributed by atoms with Gasteiger partial charge in [-0.25, -0.2) is 4.39 Å². The van der Waals surface area contributed by atoms with Gasteiger partial charge >= 0.3 is 0 Å². The molecule has 60 valence electrons. The van der Waals surface area contributed by atoms with E-state index in [9.17, 15) is 9.18 Å². The summed E-state index contributed by atoms with van der Waals surface area (Å²) in [5.74, 6) is -0.412. The van der Waals surface area contributed by atoms with Crippen molar-refractivity contribution < 1.29 is 9.18 Å². The minimum absolute atomic E-state index is 0.412. The summed E-state index contributed by atoms with van der Waals surface area (Å²) < 4.78 is 12.3. The highest BCUT2D eigenvalue weighted by molar-refractivity contribution is 5.80. The lowest BCUT2D eigenvalue weighted by atomic mass is 10.3. The van der Waals surface area contributed by atoms with Crippen molar-refractivity contribution in [1.29, 1.82) is 0 Å². The van der Waals surface area contributed by atoms with Crippen LogP contribution >= 0.6 is 0 Å². The Balaban J connectivity index is 3.89. The second kappa shape index (κ2) is 4.25. The van der Waals surface area contributed by atoms with Gasteiger partial charge in [0.15, 0.2) is 6.17 Å². The van der Waals surface area contributed by atoms with Crippen molar-refractivity contribution in [1.82, 2.24) is 4.90 Å². The van der Waals surface area contributed by atoms with Crippen molar-refractivity contribution in [2.24, 2.45) is 0 Å². The first-order valence-electron chi connectivity index (χ1n) is 3.56. The summed E-state index contributed by atoms with van der Waals surface area (Å²) in [4.78, 5) is 12.3. The smallest absolute Gasteiger partial charge is 0.256 e. The van der Waals surface area contributed by atoms with E-state index >= 15 is 0 Å². The molecule has 0 aromatic carbocycles. The number of rotatable bonds is 3. The van der Waals surface area contributed by atoms with Gasteiger partial charge in [0, 0.05) is 13.1 Å². The normalized spacial score (nSPS) is 12.8. The molecule has 0 aliphatic heterocycles. The van der Waals surface area contributed by atoms with Crippen LogP contribution in [0.1, 0.15) is 20.8 Å². The van der Waals surface area contributed by atoms with Crippen LogP contribution in [0.25, 0.3) is 0 Å². The Morgan fingerprint density at radius 1 is 1.50 bits per heavy atom. The molecule has 10 heavy (non-hydrogen) atoms. The van der Waals surface area contributed by atoms with E-state index < -0.39 is 12.1 Å². The van der Waals surface area contributed by atoms with Crippen LogP contribution in [0.3, 0.4) is 0 Å². The molecule has 0 heterocycles. The van der Waals surface area contributed by atoms with Crippen LogP contribution in [0.2, 0.25) is 0 Å². The number of carbonyl (C=O) groups excluding carboxylic acids is 1. The molecule has 0 radical (unpaired) electrons. The molecule has 1 amide bonds. The number of hydrogen-bond donors (Lipinski definition) is 0. The average molecular weight is 147 g/mol. The number of hydrogen-bond acceptors (Lipinski definition) is 1. The van der Waals surface area contributed by atoms with Crippen LogP contribution in [0.15, 0.2) is 0 Å². The lowest BCUT2D eigenvalue weighted by Crippen LogP contribution is -2.35. The third-order valence-corrected chi connectivity index (χ3v) is 1.42. The van der Waals surface area contributed by atoms with Crippen LogP contribution in [-0.4, -0.2) is 30.1 Å². The minimum Gasteiger partial charge on any atom is -0.341 e. The fourth-order valence-electron chi connectivity index (χ4n) is 0.787. The maximum Gasteiger partial charge on any atom is 0.256 e. The van der Waals surface area contributed by atoms with Crippen LogP contribution < -0.4 is 0 Å². The molecule has 0 aliphatic carbocycles. The number of amides is 1. The summed E-state index contributed by atoms with van der Waals surface area (Å²) in [6.07, 6.45) is -1.36. The first kappa shape index (κ1) is 9.40. The van der Waals surface area contributed by atoms with Gasteiger partial charge in [-0.1, -0.05) is 0 Å². The predicted octanol–water partition coefficient (Wildman–Crippen LogP) is 1.21. The van der Waals surface area contributed by atoms with E-state index in [2.05, 4.69) is 0 Å². The Bertz CT molecular complexity index is 110. The number of nitrogens with zero attached hydrogens (tertiary/aromatic N) is 1. The van der Waals surface area contributed by atoms with Crippen LogP contribution in [0.4, 0.5) is 4.39 Å². The van der Waals surface area contributed by atoms with Gasteiger partial charge in [-0.2, -0.15) is 0 Å². The second-order valence-corrected chi connectivity index (χ2v) is 2.13. The van der Waals surface area contributed by atoms with Crippen LogP contribution in [0, 0.1) is 0 Å². The molecule has 0 aromatic rings. The summed E-state index contributed by atoms with van der Waals surface area (Å²) in [6, 6.07) is 0. The zero-order valence-electron chi connectivity index (χ0n) is 6.72. The van der Waals surface area contributed by atoms with E-state index in [1.807, 2.05) is 13.8 Å². The molecular formula is C7H14FNO. The zero-order valence-corrected chi connectivity index (χ0v) is 6.72. The van der Waals surface area contributed by atoms with Gasteiger partial charge in [-0.15, -0.1) is 0 Å². The molecule has 0 saturated heterocycles. The minimum atomic E-state index is -1.36. The molecule has 0 saturated carbocycles. The first-order chi connectivity index (χ1) is 4.63. The zero-order chi connectivity index (χ0) is 8.15. The van der Waals surface area contributed by atoms with E-state index in [1.165, 1.54) is 11.8 Å². The third kappa shape index (κ3) is 2.33. The largest absolute Gasteiger partial charge is 0.341 e. The summed E-state index contributed by atoms with van der Waals surface area (Å²) in [5.41, 5.74) is 0. The summed E-state index contributed by atoms with van der Waals surface area (Å²) in [6.45, 7) is 6.11. The van der Waals surface area contributed by atoms with Gasteiger partial charge in [0.2, 0.25) is 0 Å². The van der Waals surface area contributed by atoms with Crippen molar-refractivity contribution in [3.8, 4) is 0 Å². The Kier molecular flexibility index (Phi) is 4.00. The highest BCUT2D eigenvalue weighted by atomic mass is 19.1. The van der Waals surface area contributed by atoms with Crippen molar-refractivity contribution >= 4 is 5.91 Å². The fourth-order valence-corrected chi connectivity index (χ4v) is 0.787. The summed E-state index contributed by atoms with van der Waals surface area (Å²) in [5, 5.41) is 0. The Morgan fingerprint density at radius 2 is 1.90 bits per heavy atom. The number of halogens is 1. The average Bonchev–Trinajstić information content (AvgIpc) is 1.90.